The fraction of sp³-hybridized carbons (Fsp3) is 0.357. The maximum absolute atomic E-state index is 14.5. The zero-order chi connectivity index (χ0) is 68.4. The third-order valence-electron chi connectivity index (χ3n) is 15.8. The Hall–Kier alpha value is -8.23. The van der Waals surface area contributed by atoms with Crippen molar-refractivity contribution < 1.29 is 94.0 Å². The van der Waals surface area contributed by atoms with Crippen LogP contribution in [0.3, 0.4) is 0 Å². The maximum Gasteiger partial charge on any atom is 0.459 e. The first-order valence-corrected chi connectivity index (χ1v) is 34.1. The van der Waals surface area contributed by atoms with Crippen LogP contribution in [-0.4, -0.2) is 121 Å². The number of aliphatic hydroxyl groups is 1. The molecule has 0 spiro atoms. The summed E-state index contributed by atoms with van der Waals surface area (Å²) in [5.41, 5.74) is 13.4. The van der Waals surface area contributed by atoms with Crippen molar-refractivity contribution in [3.63, 3.8) is 0 Å². The van der Waals surface area contributed by atoms with E-state index >= 15 is 0 Å². The summed E-state index contributed by atoms with van der Waals surface area (Å²) < 4.78 is 103. The summed E-state index contributed by atoms with van der Waals surface area (Å²) in [7, 11) is -7.56. The number of nitrogens with one attached hydrogen (secondary N) is 2. The Balaban J connectivity index is 0.000000220. The molecule has 12 atom stereocenters. The van der Waals surface area contributed by atoms with Gasteiger partial charge in [-0.2, -0.15) is 14.7 Å². The van der Waals surface area contributed by atoms with E-state index in [1.165, 1.54) is 13.8 Å². The molecular formula is C70H83N6O19P2+. The highest BCUT2D eigenvalue weighted by Gasteiger charge is 2.60. The molecule has 4 fully saturated rings. The lowest BCUT2D eigenvalue weighted by atomic mass is 10.1. The summed E-state index contributed by atoms with van der Waals surface area (Å²) in [4.78, 5) is 51.5. The number of carbonyl (C=O) groups excluding carboxylic acids is 4. The monoisotopic (exact) mass is 1370 g/mol. The minimum absolute atomic E-state index is 0. The number of nitrogens with zero attached hydrogens (tertiary/aromatic N) is 2. The number of aromatic nitrogens is 1. The molecule has 0 aliphatic carbocycles. The number of fused-ring (bicyclic) bond motifs is 4. The van der Waals surface area contributed by atoms with Gasteiger partial charge in [-0.1, -0.05) is 147 Å². The van der Waals surface area contributed by atoms with Gasteiger partial charge in [0.25, 0.3) is 12.1 Å². The van der Waals surface area contributed by atoms with Crippen molar-refractivity contribution in [2.24, 2.45) is 11.5 Å². The van der Waals surface area contributed by atoms with E-state index in [2.05, 4.69) is 10.2 Å². The van der Waals surface area contributed by atoms with E-state index in [1.54, 1.807) is 104 Å². The van der Waals surface area contributed by atoms with E-state index in [-0.39, 0.29) is 39.4 Å². The Kier molecular flexibility index (Phi) is 24.1. The number of aliphatic hydroxyl groups excluding tert-OH is 1. The Morgan fingerprint density at radius 1 is 0.598 bits per heavy atom. The summed E-state index contributed by atoms with van der Waals surface area (Å²) in [6.07, 6.45) is 3.54. The van der Waals surface area contributed by atoms with E-state index in [0.29, 0.717) is 34.3 Å². The average Bonchev–Trinajstić information content (AvgIpc) is 1.62. The first-order chi connectivity index (χ1) is 46.0. The number of hydrogen-bond donors (Lipinski definition) is 5. The largest absolute Gasteiger partial charge is 0.460 e. The molecule has 4 saturated heterocycles. The number of hydrogen-bond acceptors (Lipinski definition) is 20. The highest BCUT2D eigenvalue weighted by molar-refractivity contribution is 7.52. The van der Waals surface area contributed by atoms with Crippen LogP contribution in [0.5, 0.6) is 11.5 Å². The van der Waals surface area contributed by atoms with Crippen LogP contribution in [0.4, 0.5) is 0 Å². The molecule has 7 N–H and O–H groups in total. The highest BCUT2D eigenvalue weighted by Crippen LogP contribution is 2.51. The number of pyridine rings is 1. The first kappa shape index (κ1) is 73.0. The second kappa shape index (κ2) is 32.0. The molecule has 0 radical (unpaired) electrons. The lowest BCUT2D eigenvalue weighted by Crippen LogP contribution is -2.46. The molecule has 5 aliphatic heterocycles. The van der Waals surface area contributed by atoms with Crippen molar-refractivity contribution in [3.8, 4) is 11.5 Å². The molecule has 0 saturated carbocycles. The van der Waals surface area contributed by atoms with Crippen molar-refractivity contribution in [3.05, 3.63) is 211 Å². The van der Waals surface area contributed by atoms with Gasteiger partial charge >= 0.3 is 27.4 Å². The fourth-order valence-corrected chi connectivity index (χ4v) is 14.4. The van der Waals surface area contributed by atoms with Crippen molar-refractivity contribution in [2.75, 3.05) is 20.3 Å². The predicted molar refractivity (Wildman–Crippen MR) is 357 cm³/mol. The second-order valence-corrected chi connectivity index (χ2v) is 27.2. The SMILES string of the molecule is C.CC(NP(=O)(OCC1O[C@@H](N2C=CCC(C(N)=O)=C2)[C@@H]2OC(C)(C)O[C@H]12)Oc1cccc2ccccc12)C(=O)OCc1ccccc1.CC(NP(=O)(OCC1O[C@@H]([n+]2cccc(C(N)=O)c2)[C@@H]2OC(C)(C)O[C@H]12)Oc1cccc2ccccc12)C(=O)OCc1ccccc1.CO. The van der Waals surface area contributed by atoms with Crippen LogP contribution >= 0.6 is 15.5 Å². The maximum atomic E-state index is 14.5. The molecule has 12 rings (SSSR count). The zero-order valence-corrected chi connectivity index (χ0v) is 55.7. The number of allylic oxidation sites excluding steroid dienone is 1. The van der Waals surface area contributed by atoms with Gasteiger partial charge in [0, 0.05) is 41.9 Å². The Bertz CT molecular complexity index is 4040. The van der Waals surface area contributed by atoms with Gasteiger partial charge in [0.2, 0.25) is 5.91 Å². The van der Waals surface area contributed by atoms with E-state index in [0.717, 1.165) is 29.0 Å². The lowest BCUT2D eigenvalue weighted by Gasteiger charge is -2.31. The normalized spacial score (nSPS) is 23.6. The van der Waals surface area contributed by atoms with Crippen LogP contribution in [0, 0.1) is 0 Å². The summed E-state index contributed by atoms with van der Waals surface area (Å²) in [5, 5.41) is 15.7. The van der Waals surface area contributed by atoms with Crippen LogP contribution < -0.4 is 35.3 Å². The predicted octanol–water partition coefficient (Wildman–Crippen LogP) is 9.71. The van der Waals surface area contributed by atoms with Crippen molar-refractivity contribution in [1.29, 1.82) is 0 Å². The van der Waals surface area contributed by atoms with Crippen molar-refractivity contribution >= 4 is 60.8 Å². The van der Waals surface area contributed by atoms with Gasteiger partial charge in [0.15, 0.2) is 36.3 Å². The van der Waals surface area contributed by atoms with E-state index in [4.69, 9.17) is 72.6 Å². The molecular weight excluding hydrogens is 1290 g/mol. The fourth-order valence-electron chi connectivity index (χ4n) is 11.4. The summed E-state index contributed by atoms with van der Waals surface area (Å²) >= 11 is 0. The third kappa shape index (κ3) is 18.3. The summed E-state index contributed by atoms with van der Waals surface area (Å²) in [6.45, 7) is 9.77. The van der Waals surface area contributed by atoms with E-state index < -0.39 is 112 Å². The Morgan fingerprint density at radius 3 is 1.56 bits per heavy atom. The minimum atomic E-state index is -4.28. The topological polar surface area (TPSA) is 317 Å². The number of amides is 2. The summed E-state index contributed by atoms with van der Waals surface area (Å²) in [6, 6.07) is 45.3. The molecule has 6 aromatic carbocycles. The van der Waals surface area contributed by atoms with Gasteiger partial charge < -0.3 is 68.4 Å². The van der Waals surface area contributed by atoms with Crippen LogP contribution in [0.1, 0.15) is 83.1 Å². The first-order valence-electron chi connectivity index (χ1n) is 31.0. The Labute approximate surface area is 562 Å². The number of benzene rings is 6. The molecule has 97 heavy (non-hydrogen) atoms. The number of esters is 2. The van der Waals surface area contributed by atoms with Crippen molar-refractivity contribution in [2.45, 2.75) is 141 Å². The number of carbonyl (C=O) groups is 4. The van der Waals surface area contributed by atoms with Crippen LogP contribution in [0.15, 0.2) is 194 Å². The van der Waals surface area contributed by atoms with E-state index in [9.17, 15) is 28.3 Å². The van der Waals surface area contributed by atoms with Crippen LogP contribution in [0.2, 0.25) is 0 Å². The Morgan fingerprint density at radius 2 is 1.05 bits per heavy atom. The lowest BCUT2D eigenvalue weighted by molar-refractivity contribution is -0.766. The quantitative estimate of drug-likeness (QED) is 0.0213. The molecule has 27 heteroatoms. The highest BCUT2D eigenvalue weighted by atomic mass is 31.2. The van der Waals surface area contributed by atoms with Gasteiger partial charge in [-0.05, 0) is 88.1 Å². The van der Waals surface area contributed by atoms with Gasteiger partial charge in [0.05, 0.1) is 13.2 Å². The smallest absolute Gasteiger partial charge is 0.459 e. The molecule has 0 bridgehead atoms. The van der Waals surface area contributed by atoms with Gasteiger partial charge in [-0.25, -0.2) is 9.13 Å². The van der Waals surface area contributed by atoms with Gasteiger partial charge in [-0.15, -0.1) is 0 Å². The molecule has 5 aliphatic rings. The molecule has 1 aromatic heterocycles. The van der Waals surface area contributed by atoms with Crippen molar-refractivity contribution in [1.82, 2.24) is 15.1 Å². The molecule has 6 heterocycles. The van der Waals surface area contributed by atoms with Gasteiger partial charge in [0.1, 0.15) is 72.9 Å². The number of nitrogens with two attached hydrogens (primary N) is 2. The standard InChI is InChI=1S/C34H38N3O9P.C34H36N3O9P.CH4O.CH4/c2*1-22(33(39)41-20-23-11-5-4-6-12-23)36-47(40,46-27-17-9-14-24-13-7-8-16-26(24)27)42-21-28-29-30(45-34(2,3)44-29)32(43-28)37-18-10-15-25(19-37)31(35)38;1-2;/h4-14,16-19,22,28-30,32H,15,20-21H2,1-3H3,(H2,35,38)(H,36,40);4-19,22,28-30,32H,20-21H2,1-3H3,(H2-,35,36,38,40);2H,1H3;1H4/p+1/t2*22?,28?,29-,30-,32-,47?;;/m11../s1. The second-order valence-electron chi connectivity index (χ2n) is 23.8. The average molecular weight is 1370 g/mol. The molecule has 7 aromatic rings. The van der Waals surface area contributed by atoms with Gasteiger partial charge in [-0.3, -0.25) is 28.2 Å². The zero-order valence-electron chi connectivity index (χ0n) is 53.9. The van der Waals surface area contributed by atoms with Crippen LogP contribution in [-0.2, 0) is 83.7 Å². The summed E-state index contributed by atoms with van der Waals surface area (Å²) in [5.74, 6) is -3.70. The number of rotatable bonds is 24. The molecule has 516 valence electrons. The van der Waals surface area contributed by atoms with E-state index in [1.807, 2.05) is 121 Å². The molecule has 2 amide bonds. The number of ether oxygens (including phenoxy) is 8. The minimum Gasteiger partial charge on any atom is -0.460 e. The third-order valence-corrected chi connectivity index (χ3v) is 19.1. The van der Waals surface area contributed by atoms with Crippen LogP contribution in [0.25, 0.3) is 21.5 Å². The number of primary amides is 2. The molecule has 25 nitrogen and oxygen atoms in total. The molecule has 6 unspecified atom stereocenters.